The van der Waals surface area contributed by atoms with Crippen LogP contribution in [0.3, 0.4) is 0 Å². The van der Waals surface area contributed by atoms with Gasteiger partial charge >= 0.3 is 0 Å². The number of aliphatic imine (C=N–C) groups is 2. The quantitative estimate of drug-likeness (QED) is 0.136. The van der Waals surface area contributed by atoms with E-state index >= 15 is 0 Å². The summed E-state index contributed by atoms with van der Waals surface area (Å²) in [5, 5.41) is 18.9. The molecule has 3 heterocycles. The second-order valence-corrected chi connectivity index (χ2v) is 19.9. The molecule has 0 atom stereocenters. The number of hydrogen-bond donors (Lipinski definition) is 1. The average Bonchev–Trinajstić information content (AvgIpc) is 4.14. The zero-order valence-electron chi connectivity index (χ0n) is 38.4. The number of hydrogen-bond acceptors (Lipinski definition) is 3. The molecule has 10 aromatic carbocycles. The van der Waals surface area contributed by atoms with E-state index in [0.29, 0.717) is 17.0 Å². The van der Waals surface area contributed by atoms with Gasteiger partial charge in [-0.25, -0.2) is 9.98 Å². The number of aromatic nitrogens is 1. The lowest BCUT2D eigenvalue weighted by molar-refractivity contribution is 0.660. The van der Waals surface area contributed by atoms with E-state index in [1.165, 1.54) is 75.2 Å². The van der Waals surface area contributed by atoms with Gasteiger partial charge in [0, 0.05) is 70.2 Å². The minimum Gasteiger partial charge on any atom is -0.455 e. The molecule has 14 rings (SSSR count). The monoisotopic (exact) mass is 914 g/mol. The number of thiophene rings is 1. The van der Waals surface area contributed by atoms with Gasteiger partial charge in [-0.2, -0.15) is 0 Å². The zero-order chi connectivity index (χ0) is 46.7. The lowest BCUT2D eigenvalue weighted by Crippen LogP contribution is -2.15. The SMILES string of the molecule is CC1(C)c2ccccc2-c2c(C(=N/C(=N)c3cccc4c3oc3ccccc34)/N=C/c3cccc4sc5cc(-n6c7ccccc7c7c8ccccc8c(-c8ccccc8)cc76)ccc5c34)cccc21. The lowest BCUT2D eigenvalue weighted by atomic mass is 9.82. The van der Waals surface area contributed by atoms with Crippen molar-refractivity contribution in [2.45, 2.75) is 19.3 Å². The molecule has 1 aliphatic carbocycles. The lowest BCUT2D eigenvalue weighted by Gasteiger charge is -2.21. The molecular weight excluding hydrogens is 873 g/mol. The van der Waals surface area contributed by atoms with E-state index < -0.39 is 0 Å². The molecule has 0 unspecified atom stereocenters. The summed E-state index contributed by atoms with van der Waals surface area (Å²) in [4.78, 5) is 10.5. The molecule has 0 bridgehead atoms. The number of fused-ring (bicyclic) bond motifs is 14. The predicted octanol–water partition coefficient (Wildman–Crippen LogP) is 17.1. The van der Waals surface area contributed by atoms with E-state index in [2.05, 4.69) is 188 Å². The molecule has 1 aliphatic rings. The van der Waals surface area contributed by atoms with Gasteiger partial charge in [0.1, 0.15) is 11.2 Å². The first kappa shape index (κ1) is 40.4. The normalized spacial score (nSPS) is 13.5. The molecule has 0 amide bonds. The van der Waals surface area contributed by atoms with Crippen LogP contribution in [0, 0.1) is 5.41 Å². The van der Waals surface area contributed by atoms with Crippen LogP contribution in [-0.2, 0) is 5.41 Å². The fourth-order valence-electron chi connectivity index (χ4n) is 11.4. The first-order chi connectivity index (χ1) is 34.4. The highest BCUT2D eigenvalue weighted by molar-refractivity contribution is 7.25. The molecule has 0 spiro atoms. The molecule has 70 heavy (non-hydrogen) atoms. The summed E-state index contributed by atoms with van der Waals surface area (Å²) in [6.45, 7) is 4.57. The summed E-state index contributed by atoms with van der Waals surface area (Å²) in [5.74, 6) is 0.552. The second-order valence-electron chi connectivity index (χ2n) is 18.8. The molecule has 6 heteroatoms. The van der Waals surface area contributed by atoms with Crippen LogP contribution < -0.4 is 0 Å². The Balaban J connectivity index is 0.935. The summed E-state index contributed by atoms with van der Waals surface area (Å²) in [6, 6.07) is 73.1. The summed E-state index contributed by atoms with van der Waals surface area (Å²) in [7, 11) is 0. The molecule has 13 aromatic rings. The average molecular weight is 915 g/mol. The highest BCUT2D eigenvalue weighted by Gasteiger charge is 2.37. The van der Waals surface area contributed by atoms with E-state index in [9.17, 15) is 5.41 Å². The minimum atomic E-state index is -0.221. The molecule has 0 radical (unpaired) electrons. The largest absolute Gasteiger partial charge is 0.455 e. The van der Waals surface area contributed by atoms with Crippen molar-refractivity contribution >= 4 is 104 Å². The maximum absolute atomic E-state index is 9.64. The standard InChI is InChI=1S/C64H42N4OS/c1-64(2)51-28-11-8-23-45(51)59-48(26-16-29-52(59)64)63(67-62(65)49-27-15-25-44-42-21-10-13-31-55(42)69-61(44)49)66-37-39-19-14-32-56-58(39)47-34-33-40(35-57(47)70-56)68-53-30-12-9-24-46(53)60-43-22-7-6-20-41(43)50(36-54(60)68)38-17-4-3-5-18-38/h3-37,65H,1-2H3/b65-62?,66-37+,67-63-. The van der Waals surface area contributed by atoms with Crippen molar-refractivity contribution in [1.82, 2.24) is 4.57 Å². The number of amidine groups is 2. The Hall–Kier alpha value is -8.71. The zero-order valence-corrected chi connectivity index (χ0v) is 39.2. The summed E-state index contributed by atoms with van der Waals surface area (Å²) >= 11 is 1.80. The van der Waals surface area contributed by atoms with Gasteiger partial charge in [-0.1, -0.05) is 178 Å². The van der Waals surface area contributed by atoms with Crippen molar-refractivity contribution in [3.63, 3.8) is 0 Å². The van der Waals surface area contributed by atoms with Crippen LogP contribution >= 0.6 is 11.3 Å². The summed E-state index contributed by atoms with van der Waals surface area (Å²) < 4.78 is 11.2. The van der Waals surface area contributed by atoms with E-state index in [1.54, 1.807) is 11.3 Å². The Labute approximate surface area is 407 Å². The van der Waals surface area contributed by atoms with Crippen molar-refractivity contribution in [1.29, 1.82) is 5.41 Å². The van der Waals surface area contributed by atoms with E-state index in [0.717, 1.165) is 44.1 Å². The third-order valence-corrected chi connectivity index (χ3v) is 15.7. The summed E-state index contributed by atoms with van der Waals surface area (Å²) in [6.07, 6.45) is 1.95. The first-order valence-electron chi connectivity index (χ1n) is 23.7. The fourth-order valence-corrected chi connectivity index (χ4v) is 12.6. The van der Waals surface area contributed by atoms with Crippen LogP contribution in [0.2, 0.25) is 0 Å². The third-order valence-electron chi connectivity index (χ3n) is 14.6. The Kier molecular flexibility index (Phi) is 8.88. The Morgan fingerprint density at radius 1 is 0.543 bits per heavy atom. The van der Waals surface area contributed by atoms with Crippen LogP contribution in [-0.4, -0.2) is 22.5 Å². The van der Waals surface area contributed by atoms with E-state index in [1.807, 2.05) is 42.6 Å². The topological polar surface area (TPSA) is 66.6 Å². The molecule has 3 aromatic heterocycles. The molecule has 0 saturated carbocycles. The third kappa shape index (κ3) is 6.00. The number of rotatable bonds is 5. The molecule has 330 valence electrons. The smallest absolute Gasteiger partial charge is 0.162 e. The van der Waals surface area contributed by atoms with Crippen LogP contribution in [0.25, 0.3) is 103 Å². The van der Waals surface area contributed by atoms with Gasteiger partial charge in [-0.05, 0) is 86.6 Å². The van der Waals surface area contributed by atoms with Gasteiger partial charge in [0.25, 0.3) is 0 Å². The fraction of sp³-hybridized carbons (Fsp3) is 0.0469. The van der Waals surface area contributed by atoms with Gasteiger partial charge < -0.3 is 8.98 Å². The van der Waals surface area contributed by atoms with Gasteiger partial charge in [0.05, 0.1) is 16.6 Å². The Morgan fingerprint density at radius 3 is 2.13 bits per heavy atom. The first-order valence-corrected chi connectivity index (χ1v) is 24.5. The molecule has 0 aliphatic heterocycles. The van der Waals surface area contributed by atoms with Crippen LogP contribution in [0.5, 0.6) is 0 Å². The van der Waals surface area contributed by atoms with Gasteiger partial charge in [-0.15, -0.1) is 11.3 Å². The molecule has 5 nitrogen and oxygen atoms in total. The van der Waals surface area contributed by atoms with Gasteiger partial charge in [0.15, 0.2) is 11.7 Å². The highest BCUT2D eigenvalue weighted by atomic mass is 32.1. The number of furan rings is 1. The predicted molar refractivity (Wildman–Crippen MR) is 295 cm³/mol. The van der Waals surface area contributed by atoms with Crippen LogP contribution in [0.1, 0.15) is 41.7 Å². The second kappa shape index (κ2) is 15.4. The number of nitrogens with one attached hydrogen (secondary N) is 1. The molecular formula is C64H42N4OS. The van der Waals surface area contributed by atoms with E-state index in [4.69, 9.17) is 14.4 Å². The van der Waals surface area contributed by atoms with Crippen LogP contribution in [0.15, 0.2) is 221 Å². The maximum atomic E-state index is 9.64. The number of para-hydroxylation sites is 3. The minimum absolute atomic E-state index is 0.0839. The molecule has 1 N–H and O–H groups in total. The Morgan fingerprint density at radius 2 is 1.24 bits per heavy atom. The number of benzene rings is 10. The molecule has 0 fully saturated rings. The maximum Gasteiger partial charge on any atom is 0.162 e. The van der Waals surface area contributed by atoms with Crippen molar-refractivity contribution in [2.24, 2.45) is 9.98 Å². The van der Waals surface area contributed by atoms with Crippen molar-refractivity contribution < 1.29 is 4.42 Å². The van der Waals surface area contributed by atoms with E-state index in [-0.39, 0.29) is 11.3 Å². The number of nitrogens with zero attached hydrogens (tertiary/aromatic N) is 3. The van der Waals surface area contributed by atoms with Crippen LogP contribution in [0.4, 0.5) is 0 Å². The molecule has 0 saturated heterocycles. The van der Waals surface area contributed by atoms with Crippen molar-refractivity contribution in [2.75, 3.05) is 0 Å². The van der Waals surface area contributed by atoms with Gasteiger partial charge in [0.2, 0.25) is 0 Å². The van der Waals surface area contributed by atoms with Crippen molar-refractivity contribution in [3.8, 4) is 27.9 Å². The van der Waals surface area contributed by atoms with Gasteiger partial charge in [-0.3, -0.25) is 5.41 Å². The Bertz CT molecular complexity index is 4410. The van der Waals surface area contributed by atoms with Crippen molar-refractivity contribution in [3.05, 3.63) is 234 Å². The highest BCUT2D eigenvalue weighted by Crippen LogP contribution is 2.50. The summed E-state index contributed by atoms with van der Waals surface area (Å²) in [5.41, 5.74) is 14.3.